The Hall–Kier alpha value is -2.40. The number of hydrazine groups is 1. The van der Waals surface area contributed by atoms with Gasteiger partial charge >= 0.3 is 0 Å². The van der Waals surface area contributed by atoms with E-state index in [2.05, 4.69) is 15.7 Å². The number of aromatic nitrogens is 1. The normalized spacial score (nSPS) is 9.71. The van der Waals surface area contributed by atoms with Crippen LogP contribution in [0, 0.1) is 0 Å². The van der Waals surface area contributed by atoms with Gasteiger partial charge in [0.1, 0.15) is 5.69 Å². The van der Waals surface area contributed by atoms with Gasteiger partial charge in [-0.3, -0.25) is 15.6 Å². The SMILES string of the molecule is NNc1ccnc(C(=O)Nc2ccccc2)c1. The zero-order valence-corrected chi connectivity index (χ0v) is 9.05. The molecule has 2 rings (SSSR count). The number of benzene rings is 1. The van der Waals surface area contributed by atoms with Crippen molar-refractivity contribution in [1.82, 2.24) is 4.98 Å². The summed E-state index contributed by atoms with van der Waals surface area (Å²) < 4.78 is 0. The number of para-hydroxylation sites is 1. The van der Waals surface area contributed by atoms with Gasteiger partial charge in [0.2, 0.25) is 0 Å². The number of nitrogen functional groups attached to an aromatic ring is 1. The van der Waals surface area contributed by atoms with Crippen LogP contribution < -0.4 is 16.6 Å². The lowest BCUT2D eigenvalue weighted by atomic mass is 10.3. The molecule has 0 aliphatic heterocycles. The van der Waals surface area contributed by atoms with Crippen molar-refractivity contribution in [1.29, 1.82) is 0 Å². The van der Waals surface area contributed by atoms with Crippen molar-refractivity contribution < 1.29 is 4.79 Å². The second-order valence-corrected chi connectivity index (χ2v) is 3.39. The molecule has 5 heteroatoms. The summed E-state index contributed by atoms with van der Waals surface area (Å²) >= 11 is 0. The van der Waals surface area contributed by atoms with E-state index in [9.17, 15) is 4.79 Å². The number of hydrogen-bond donors (Lipinski definition) is 3. The molecule has 0 radical (unpaired) electrons. The van der Waals surface area contributed by atoms with Gasteiger partial charge in [-0.1, -0.05) is 18.2 Å². The molecule has 4 N–H and O–H groups in total. The molecule has 1 amide bonds. The van der Waals surface area contributed by atoms with Crippen molar-refractivity contribution in [3.63, 3.8) is 0 Å². The van der Waals surface area contributed by atoms with Crippen molar-refractivity contribution in [2.24, 2.45) is 5.84 Å². The summed E-state index contributed by atoms with van der Waals surface area (Å²) in [7, 11) is 0. The number of carbonyl (C=O) groups is 1. The van der Waals surface area contributed by atoms with Crippen LogP contribution in [0.1, 0.15) is 10.5 Å². The van der Waals surface area contributed by atoms with E-state index < -0.39 is 0 Å². The Morgan fingerprint density at radius 3 is 2.59 bits per heavy atom. The number of pyridine rings is 1. The van der Waals surface area contributed by atoms with Crippen molar-refractivity contribution >= 4 is 17.3 Å². The predicted octanol–water partition coefficient (Wildman–Crippen LogP) is 1.62. The molecule has 1 aromatic heterocycles. The number of rotatable bonds is 3. The van der Waals surface area contributed by atoms with Crippen LogP contribution in [0.25, 0.3) is 0 Å². The fraction of sp³-hybridized carbons (Fsp3) is 0. The third-order valence-electron chi connectivity index (χ3n) is 2.19. The molecule has 0 bridgehead atoms. The molecule has 1 heterocycles. The van der Waals surface area contributed by atoms with Gasteiger partial charge in [0, 0.05) is 11.9 Å². The second kappa shape index (κ2) is 5.09. The lowest BCUT2D eigenvalue weighted by Gasteiger charge is -2.05. The highest BCUT2D eigenvalue weighted by Gasteiger charge is 2.07. The molecule has 0 aliphatic carbocycles. The molecule has 86 valence electrons. The number of carbonyl (C=O) groups excluding carboxylic acids is 1. The Bertz CT molecular complexity index is 513. The van der Waals surface area contributed by atoms with Gasteiger partial charge in [0.05, 0.1) is 5.69 Å². The summed E-state index contributed by atoms with van der Waals surface area (Å²) in [5, 5.41) is 2.74. The van der Waals surface area contributed by atoms with Crippen LogP contribution in [-0.4, -0.2) is 10.9 Å². The molecule has 0 spiro atoms. The van der Waals surface area contributed by atoms with Crippen LogP contribution in [0.5, 0.6) is 0 Å². The van der Waals surface area contributed by atoms with Crippen LogP contribution in [0.4, 0.5) is 11.4 Å². The molecular formula is C12H12N4O. The maximum atomic E-state index is 11.8. The summed E-state index contributed by atoms with van der Waals surface area (Å²) in [5.74, 6) is 4.99. The minimum absolute atomic E-state index is 0.270. The summed E-state index contributed by atoms with van der Waals surface area (Å²) in [6, 6.07) is 12.5. The number of nitrogens with two attached hydrogens (primary N) is 1. The minimum atomic E-state index is -0.270. The third-order valence-corrected chi connectivity index (χ3v) is 2.19. The number of anilines is 2. The summed E-state index contributed by atoms with van der Waals surface area (Å²) in [5.41, 5.74) is 4.14. The maximum absolute atomic E-state index is 11.8. The van der Waals surface area contributed by atoms with E-state index in [-0.39, 0.29) is 5.91 Å². The van der Waals surface area contributed by atoms with Crippen molar-refractivity contribution in [2.75, 3.05) is 10.7 Å². The molecule has 0 fully saturated rings. The molecule has 5 nitrogen and oxygen atoms in total. The average Bonchev–Trinajstić information content (AvgIpc) is 2.40. The fourth-order valence-electron chi connectivity index (χ4n) is 1.36. The standard InChI is InChI=1S/C12H12N4O/c13-16-10-6-7-14-11(8-10)12(17)15-9-4-2-1-3-5-9/h1-8H,13H2,(H,14,16)(H,15,17). The van der Waals surface area contributed by atoms with Crippen LogP contribution in [0.2, 0.25) is 0 Å². The molecule has 0 saturated heterocycles. The Morgan fingerprint density at radius 1 is 1.12 bits per heavy atom. The predicted molar refractivity (Wildman–Crippen MR) is 66.4 cm³/mol. The lowest BCUT2D eigenvalue weighted by Crippen LogP contribution is -2.15. The average molecular weight is 228 g/mol. The second-order valence-electron chi connectivity index (χ2n) is 3.39. The first-order valence-electron chi connectivity index (χ1n) is 5.08. The van der Waals surface area contributed by atoms with Crippen LogP contribution in [-0.2, 0) is 0 Å². The van der Waals surface area contributed by atoms with Crippen molar-refractivity contribution in [3.05, 3.63) is 54.4 Å². The highest BCUT2D eigenvalue weighted by molar-refractivity contribution is 6.03. The van der Waals surface area contributed by atoms with Crippen LogP contribution in [0.15, 0.2) is 48.7 Å². The van der Waals surface area contributed by atoms with Gasteiger partial charge in [0.15, 0.2) is 0 Å². The number of hydrogen-bond acceptors (Lipinski definition) is 4. The molecule has 1 aromatic carbocycles. The zero-order chi connectivity index (χ0) is 12.1. The van der Waals surface area contributed by atoms with Crippen LogP contribution in [0.3, 0.4) is 0 Å². The molecule has 0 unspecified atom stereocenters. The van der Waals surface area contributed by atoms with Gasteiger partial charge in [-0.05, 0) is 24.3 Å². The molecule has 0 atom stereocenters. The lowest BCUT2D eigenvalue weighted by molar-refractivity contribution is 0.102. The monoisotopic (exact) mass is 228 g/mol. The van der Waals surface area contributed by atoms with E-state index in [1.165, 1.54) is 6.20 Å². The van der Waals surface area contributed by atoms with Gasteiger partial charge in [-0.15, -0.1) is 0 Å². The van der Waals surface area contributed by atoms with Gasteiger partial charge in [-0.2, -0.15) is 0 Å². The summed E-state index contributed by atoms with van der Waals surface area (Å²) in [6.07, 6.45) is 1.52. The summed E-state index contributed by atoms with van der Waals surface area (Å²) in [6.45, 7) is 0. The molecule has 0 aliphatic rings. The Labute approximate surface area is 98.6 Å². The molecule has 2 aromatic rings. The fourth-order valence-corrected chi connectivity index (χ4v) is 1.36. The van der Waals surface area contributed by atoms with Crippen molar-refractivity contribution in [2.45, 2.75) is 0 Å². The third kappa shape index (κ3) is 2.79. The Morgan fingerprint density at radius 2 is 1.88 bits per heavy atom. The van der Waals surface area contributed by atoms with E-state index in [4.69, 9.17) is 5.84 Å². The molecular weight excluding hydrogens is 216 g/mol. The Kier molecular flexibility index (Phi) is 3.32. The van der Waals surface area contributed by atoms with Gasteiger partial charge in [-0.25, -0.2) is 0 Å². The zero-order valence-electron chi connectivity index (χ0n) is 9.05. The number of nitrogens with zero attached hydrogens (tertiary/aromatic N) is 1. The largest absolute Gasteiger partial charge is 0.324 e. The first-order chi connectivity index (χ1) is 8.29. The van der Waals surface area contributed by atoms with E-state index in [0.29, 0.717) is 11.4 Å². The van der Waals surface area contributed by atoms with E-state index in [1.807, 2.05) is 30.3 Å². The van der Waals surface area contributed by atoms with Gasteiger partial charge < -0.3 is 10.7 Å². The van der Waals surface area contributed by atoms with E-state index >= 15 is 0 Å². The van der Waals surface area contributed by atoms with Crippen LogP contribution >= 0.6 is 0 Å². The van der Waals surface area contributed by atoms with E-state index in [0.717, 1.165) is 5.69 Å². The first kappa shape index (κ1) is 11.1. The molecule has 0 saturated carbocycles. The number of nitrogens with one attached hydrogen (secondary N) is 2. The molecule has 17 heavy (non-hydrogen) atoms. The number of amides is 1. The highest BCUT2D eigenvalue weighted by atomic mass is 16.1. The Balaban J connectivity index is 2.14. The van der Waals surface area contributed by atoms with Crippen molar-refractivity contribution in [3.8, 4) is 0 Å². The highest BCUT2D eigenvalue weighted by Crippen LogP contribution is 2.10. The maximum Gasteiger partial charge on any atom is 0.274 e. The topological polar surface area (TPSA) is 80.0 Å². The van der Waals surface area contributed by atoms with E-state index in [1.54, 1.807) is 12.1 Å². The quantitative estimate of drug-likeness (QED) is 0.551. The minimum Gasteiger partial charge on any atom is -0.324 e. The first-order valence-corrected chi connectivity index (χ1v) is 5.08. The smallest absolute Gasteiger partial charge is 0.274 e. The summed E-state index contributed by atoms with van der Waals surface area (Å²) in [4.78, 5) is 15.8. The van der Waals surface area contributed by atoms with Gasteiger partial charge in [0.25, 0.3) is 5.91 Å².